The number of aliphatic hydroxyl groups excluding tert-OH is 1. The molecule has 5 rings (SSSR count). The Kier molecular flexibility index (Phi) is 9.93. The molecule has 0 saturated carbocycles. The number of benzene rings is 3. The van der Waals surface area contributed by atoms with Crippen molar-refractivity contribution < 1.29 is 24.2 Å². The molecule has 1 aromatic heterocycles. The standard InChI is InChI=1S/C33H32ClN3O5S2/c1-5-6-15-42-25-14-11-22(17-26(25)41-4)28-27(29(38)24-16-19(2)7-8-20(24)3)30(39)31(40)37(28)32-35-36-33(44-32)43-18-21-9-12-23(34)13-10-21/h7-14,16-17,28,38H,5-6,15,18H2,1-4H3. The van der Waals surface area contributed by atoms with E-state index in [1.807, 2.05) is 50.2 Å². The maximum absolute atomic E-state index is 13.7. The first-order valence-corrected chi connectivity index (χ1v) is 16.3. The zero-order valence-corrected chi connectivity index (χ0v) is 27.2. The summed E-state index contributed by atoms with van der Waals surface area (Å²) in [6.07, 6.45) is 1.87. The SMILES string of the molecule is CCCCOc1ccc(C2C(=C(O)c3cc(C)ccc3C)C(=O)C(=O)N2c2nnc(SCc3ccc(Cl)cc3)s2)cc1OC. The second-order valence-electron chi connectivity index (χ2n) is 10.4. The van der Waals surface area contributed by atoms with Crippen molar-refractivity contribution in [3.63, 3.8) is 0 Å². The maximum Gasteiger partial charge on any atom is 0.301 e. The van der Waals surface area contributed by atoms with Gasteiger partial charge in [0.15, 0.2) is 15.8 Å². The first kappa shape index (κ1) is 31.6. The molecule has 1 fully saturated rings. The number of anilines is 1. The molecular weight excluding hydrogens is 618 g/mol. The molecule has 1 N–H and O–H groups in total. The molecule has 1 aliphatic heterocycles. The van der Waals surface area contributed by atoms with E-state index in [0.29, 0.717) is 44.3 Å². The molecule has 0 radical (unpaired) electrons. The van der Waals surface area contributed by atoms with Crippen LogP contribution >= 0.6 is 34.7 Å². The van der Waals surface area contributed by atoms with Crippen LogP contribution < -0.4 is 14.4 Å². The van der Waals surface area contributed by atoms with Gasteiger partial charge in [-0.25, -0.2) is 0 Å². The van der Waals surface area contributed by atoms with Crippen LogP contribution in [0.25, 0.3) is 5.76 Å². The average molecular weight is 650 g/mol. The number of carbonyl (C=O) groups excluding carboxylic acids is 2. The minimum Gasteiger partial charge on any atom is -0.507 e. The summed E-state index contributed by atoms with van der Waals surface area (Å²) in [4.78, 5) is 28.7. The Balaban J connectivity index is 1.58. The Hall–Kier alpha value is -3.86. The van der Waals surface area contributed by atoms with Crippen molar-refractivity contribution >= 4 is 57.3 Å². The van der Waals surface area contributed by atoms with Crippen LogP contribution in [0.15, 0.2) is 70.6 Å². The molecule has 44 heavy (non-hydrogen) atoms. The van der Waals surface area contributed by atoms with Crippen molar-refractivity contribution in [3.05, 3.63) is 99.1 Å². The number of unbranched alkanes of at least 4 members (excludes halogenated alkanes) is 1. The number of aryl methyl sites for hydroxylation is 2. The number of hydrogen-bond donors (Lipinski definition) is 1. The zero-order chi connectivity index (χ0) is 31.4. The van der Waals surface area contributed by atoms with Gasteiger partial charge in [0.05, 0.1) is 25.3 Å². The Morgan fingerprint density at radius 2 is 1.82 bits per heavy atom. The largest absolute Gasteiger partial charge is 0.507 e. The highest BCUT2D eigenvalue weighted by atomic mass is 35.5. The van der Waals surface area contributed by atoms with Crippen molar-refractivity contribution in [2.24, 2.45) is 0 Å². The van der Waals surface area contributed by atoms with Crippen LogP contribution in [0.3, 0.4) is 0 Å². The van der Waals surface area contributed by atoms with Crippen LogP contribution in [0.1, 0.15) is 53.6 Å². The van der Waals surface area contributed by atoms with E-state index in [1.165, 1.54) is 35.1 Å². The lowest BCUT2D eigenvalue weighted by atomic mass is 9.93. The fourth-order valence-electron chi connectivity index (χ4n) is 4.87. The van der Waals surface area contributed by atoms with E-state index >= 15 is 0 Å². The van der Waals surface area contributed by atoms with Gasteiger partial charge in [-0.1, -0.05) is 83.9 Å². The average Bonchev–Trinajstić information content (AvgIpc) is 3.59. The van der Waals surface area contributed by atoms with Gasteiger partial charge in [0, 0.05) is 16.3 Å². The summed E-state index contributed by atoms with van der Waals surface area (Å²) < 4.78 is 12.2. The molecule has 0 bridgehead atoms. The molecule has 0 spiro atoms. The van der Waals surface area contributed by atoms with Crippen LogP contribution in [-0.4, -0.2) is 40.7 Å². The molecule has 11 heteroatoms. The quantitative estimate of drug-likeness (QED) is 0.0437. The Morgan fingerprint density at radius 3 is 2.55 bits per heavy atom. The molecule has 1 atom stereocenters. The van der Waals surface area contributed by atoms with Gasteiger partial charge < -0.3 is 14.6 Å². The van der Waals surface area contributed by atoms with Crippen LogP contribution in [-0.2, 0) is 15.3 Å². The molecule has 8 nitrogen and oxygen atoms in total. The third-order valence-electron chi connectivity index (χ3n) is 7.23. The Bertz CT molecular complexity index is 1720. The number of aromatic nitrogens is 2. The monoisotopic (exact) mass is 649 g/mol. The number of rotatable bonds is 11. The highest BCUT2D eigenvalue weighted by molar-refractivity contribution is 8.00. The number of nitrogens with zero attached hydrogens (tertiary/aromatic N) is 3. The van der Waals surface area contributed by atoms with E-state index in [0.717, 1.165) is 29.5 Å². The number of aliphatic hydroxyl groups is 1. The molecule has 1 unspecified atom stereocenters. The third-order valence-corrected chi connectivity index (χ3v) is 9.61. The minimum atomic E-state index is -0.976. The van der Waals surface area contributed by atoms with Crippen LogP contribution in [0, 0.1) is 13.8 Å². The van der Waals surface area contributed by atoms with Gasteiger partial charge in [0.25, 0.3) is 5.78 Å². The summed E-state index contributed by atoms with van der Waals surface area (Å²) in [5, 5.41) is 21.2. The predicted molar refractivity (Wildman–Crippen MR) is 175 cm³/mol. The van der Waals surface area contributed by atoms with Crippen molar-refractivity contribution in [1.82, 2.24) is 10.2 Å². The lowest BCUT2D eigenvalue weighted by molar-refractivity contribution is -0.132. The van der Waals surface area contributed by atoms with Crippen molar-refractivity contribution in [1.29, 1.82) is 0 Å². The van der Waals surface area contributed by atoms with Crippen molar-refractivity contribution in [3.8, 4) is 11.5 Å². The molecule has 1 saturated heterocycles. The topological polar surface area (TPSA) is 102 Å². The smallest absolute Gasteiger partial charge is 0.301 e. The molecule has 228 valence electrons. The zero-order valence-electron chi connectivity index (χ0n) is 24.8. The number of carbonyl (C=O) groups is 2. The first-order chi connectivity index (χ1) is 21.2. The Morgan fingerprint density at radius 1 is 1.05 bits per heavy atom. The van der Waals surface area contributed by atoms with Gasteiger partial charge in [-0.2, -0.15) is 0 Å². The van der Waals surface area contributed by atoms with Gasteiger partial charge in [0.2, 0.25) is 5.13 Å². The highest BCUT2D eigenvalue weighted by Crippen LogP contribution is 2.46. The van der Waals surface area contributed by atoms with Crippen molar-refractivity contribution in [2.75, 3.05) is 18.6 Å². The van der Waals surface area contributed by atoms with E-state index in [4.69, 9.17) is 21.1 Å². The molecule has 1 aliphatic rings. The Labute approximate surface area is 269 Å². The molecule has 0 aliphatic carbocycles. The summed E-state index contributed by atoms with van der Waals surface area (Å²) in [6.45, 7) is 6.36. The number of halogens is 1. The number of methoxy groups -OCH3 is 1. The molecular formula is C33H32ClN3O5S2. The fraction of sp³-hybridized carbons (Fsp3) is 0.273. The molecule has 3 aromatic carbocycles. The van der Waals surface area contributed by atoms with Gasteiger partial charge >= 0.3 is 5.91 Å². The van der Waals surface area contributed by atoms with E-state index < -0.39 is 17.7 Å². The lowest BCUT2D eigenvalue weighted by Crippen LogP contribution is -2.29. The van der Waals surface area contributed by atoms with Crippen molar-refractivity contribution in [2.45, 2.75) is 49.7 Å². The van der Waals surface area contributed by atoms with Gasteiger partial charge in [0.1, 0.15) is 5.76 Å². The molecule has 4 aromatic rings. The van der Waals surface area contributed by atoms with E-state index in [9.17, 15) is 14.7 Å². The second kappa shape index (κ2) is 13.8. The van der Waals surface area contributed by atoms with E-state index in [2.05, 4.69) is 17.1 Å². The van der Waals surface area contributed by atoms with E-state index in [1.54, 1.807) is 24.3 Å². The van der Waals surface area contributed by atoms with Crippen LogP contribution in [0.4, 0.5) is 5.13 Å². The van der Waals surface area contributed by atoms with Gasteiger partial charge in [-0.15, -0.1) is 10.2 Å². The summed E-state index contributed by atoms with van der Waals surface area (Å²) in [7, 11) is 1.54. The predicted octanol–water partition coefficient (Wildman–Crippen LogP) is 7.91. The summed E-state index contributed by atoms with van der Waals surface area (Å²) in [5.41, 5.74) is 3.74. The lowest BCUT2D eigenvalue weighted by Gasteiger charge is -2.23. The second-order valence-corrected chi connectivity index (χ2v) is 13.0. The normalized spacial score (nSPS) is 16.0. The number of amides is 1. The number of Topliss-reactive ketones (excluding diaryl/α,β-unsaturated/α-hetero) is 1. The van der Waals surface area contributed by atoms with Crippen LogP contribution in [0.2, 0.25) is 5.02 Å². The minimum absolute atomic E-state index is 0.0315. The van der Waals surface area contributed by atoms with Gasteiger partial charge in [-0.3, -0.25) is 14.5 Å². The summed E-state index contributed by atoms with van der Waals surface area (Å²) in [5.74, 6) is -0.227. The first-order valence-electron chi connectivity index (χ1n) is 14.1. The molecule has 2 heterocycles. The molecule has 1 amide bonds. The number of ketones is 1. The summed E-state index contributed by atoms with van der Waals surface area (Å²) in [6, 6.07) is 17.4. The number of ether oxygens (including phenoxy) is 2. The number of thioether (sulfide) groups is 1. The van der Waals surface area contributed by atoms with E-state index in [-0.39, 0.29) is 16.5 Å². The highest BCUT2D eigenvalue weighted by Gasteiger charge is 2.48. The maximum atomic E-state index is 13.7. The number of hydrogen-bond acceptors (Lipinski definition) is 9. The third kappa shape index (κ3) is 6.62. The van der Waals surface area contributed by atoms with Gasteiger partial charge in [-0.05, 0) is 67.3 Å². The fourth-order valence-corrected chi connectivity index (χ4v) is 6.81. The van der Waals surface area contributed by atoms with Crippen LogP contribution in [0.5, 0.6) is 11.5 Å². The summed E-state index contributed by atoms with van der Waals surface area (Å²) >= 11 is 8.68.